The van der Waals surface area contributed by atoms with Crippen LogP contribution in [0, 0.1) is 5.92 Å². The van der Waals surface area contributed by atoms with E-state index in [1.54, 1.807) is 0 Å². The third-order valence-electron chi connectivity index (χ3n) is 2.77. The summed E-state index contributed by atoms with van der Waals surface area (Å²) >= 11 is 0. The number of carbonyl (C=O) groups is 2. The molecule has 2 atom stereocenters. The summed E-state index contributed by atoms with van der Waals surface area (Å²) in [7, 11) is 0. The summed E-state index contributed by atoms with van der Waals surface area (Å²) in [4.78, 5) is 22.4. The number of rotatable bonds is 6. The van der Waals surface area contributed by atoms with E-state index < -0.39 is 12.0 Å². The number of nitrogens with one attached hydrogen (secondary N) is 1. The average molecular weight is 225 g/mol. The van der Waals surface area contributed by atoms with E-state index in [0.29, 0.717) is 12.8 Å². The Morgan fingerprint density at radius 3 is 2.81 bits per heavy atom. The summed E-state index contributed by atoms with van der Waals surface area (Å²) in [6, 6.07) is -0.733. The Bertz CT molecular complexity index is 286. The molecule has 0 heterocycles. The molecule has 4 nitrogen and oxygen atoms in total. The van der Waals surface area contributed by atoms with Crippen molar-refractivity contribution in [3.63, 3.8) is 0 Å². The average Bonchev–Trinajstić information content (AvgIpc) is 2.69. The smallest absolute Gasteiger partial charge is 0.326 e. The number of allylic oxidation sites excluding steroid dienone is 2. The van der Waals surface area contributed by atoms with Crippen molar-refractivity contribution in [2.75, 3.05) is 0 Å². The van der Waals surface area contributed by atoms with Crippen LogP contribution in [0.25, 0.3) is 0 Å². The van der Waals surface area contributed by atoms with Crippen LogP contribution in [-0.4, -0.2) is 23.0 Å². The molecule has 0 bridgehead atoms. The lowest BCUT2D eigenvalue weighted by Crippen LogP contribution is -2.41. The normalized spacial score (nSPS) is 20.7. The molecule has 0 aromatic carbocycles. The van der Waals surface area contributed by atoms with Gasteiger partial charge < -0.3 is 10.4 Å². The van der Waals surface area contributed by atoms with E-state index in [1.807, 2.05) is 13.0 Å². The molecule has 0 saturated heterocycles. The van der Waals surface area contributed by atoms with E-state index in [0.717, 1.165) is 19.3 Å². The lowest BCUT2D eigenvalue weighted by atomic mass is 10.0. The van der Waals surface area contributed by atoms with Crippen LogP contribution < -0.4 is 5.32 Å². The summed E-state index contributed by atoms with van der Waals surface area (Å²) in [5.41, 5.74) is 0. The molecular formula is C12H19NO3. The molecule has 0 aromatic heterocycles. The van der Waals surface area contributed by atoms with Gasteiger partial charge in [0.15, 0.2) is 0 Å². The summed E-state index contributed by atoms with van der Waals surface area (Å²) in [5.74, 6) is -0.814. The van der Waals surface area contributed by atoms with Gasteiger partial charge in [-0.25, -0.2) is 4.79 Å². The van der Waals surface area contributed by atoms with Gasteiger partial charge in [0.2, 0.25) is 5.91 Å². The van der Waals surface area contributed by atoms with Gasteiger partial charge in [0, 0.05) is 6.42 Å². The molecule has 1 aliphatic rings. The zero-order valence-corrected chi connectivity index (χ0v) is 9.61. The van der Waals surface area contributed by atoms with Crippen LogP contribution in [0.4, 0.5) is 0 Å². The molecule has 0 aromatic rings. The summed E-state index contributed by atoms with van der Waals surface area (Å²) < 4.78 is 0. The summed E-state index contributed by atoms with van der Waals surface area (Å²) in [6.07, 6.45) is 7.77. The number of aliphatic carboxylic acids is 1. The molecule has 1 rings (SSSR count). The molecular weight excluding hydrogens is 206 g/mol. The van der Waals surface area contributed by atoms with E-state index in [2.05, 4.69) is 11.4 Å². The highest BCUT2D eigenvalue weighted by molar-refractivity contribution is 5.83. The first kappa shape index (κ1) is 12.7. The molecule has 0 aliphatic heterocycles. The fraction of sp³-hybridized carbons (Fsp3) is 0.667. The minimum atomic E-state index is -0.947. The van der Waals surface area contributed by atoms with E-state index in [9.17, 15) is 9.59 Å². The highest BCUT2D eigenvalue weighted by Crippen LogP contribution is 2.20. The zero-order valence-electron chi connectivity index (χ0n) is 9.61. The summed E-state index contributed by atoms with van der Waals surface area (Å²) in [6.45, 7) is 1.90. The number of hydrogen-bond acceptors (Lipinski definition) is 2. The molecule has 0 spiro atoms. The number of hydrogen-bond donors (Lipinski definition) is 2. The Hall–Kier alpha value is -1.32. The number of carboxylic acid groups (broad SMARTS) is 1. The minimum absolute atomic E-state index is 0.155. The van der Waals surface area contributed by atoms with Gasteiger partial charge in [-0.1, -0.05) is 25.5 Å². The second kappa shape index (κ2) is 6.30. The molecule has 90 valence electrons. The van der Waals surface area contributed by atoms with Crippen molar-refractivity contribution < 1.29 is 14.7 Å². The Morgan fingerprint density at radius 2 is 2.31 bits per heavy atom. The lowest BCUT2D eigenvalue weighted by Gasteiger charge is -2.14. The number of carbonyl (C=O) groups excluding carboxylic acids is 1. The SMILES string of the molecule is CCC[C@H](NC(=O)CC1C=CCC1)C(=O)O. The molecule has 1 unspecified atom stereocenters. The molecule has 1 amide bonds. The van der Waals surface area contributed by atoms with Gasteiger partial charge in [0.05, 0.1) is 0 Å². The predicted molar refractivity (Wildman–Crippen MR) is 61.0 cm³/mol. The van der Waals surface area contributed by atoms with Crippen molar-refractivity contribution in [1.82, 2.24) is 5.32 Å². The minimum Gasteiger partial charge on any atom is -0.480 e. The Kier molecular flexibility index (Phi) is 5.02. The Morgan fingerprint density at radius 1 is 1.56 bits per heavy atom. The van der Waals surface area contributed by atoms with Gasteiger partial charge >= 0.3 is 5.97 Å². The van der Waals surface area contributed by atoms with Gasteiger partial charge in [0.1, 0.15) is 6.04 Å². The van der Waals surface area contributed by atoms with Crippen LogP contribution in [0.2, 0.25) is 0 Å². The van der Waals surface area contributed by atoms with Crippen LogP contribution in [0.3, 0.4) is 0 Å². The maximum absolute atomic E-state index is 11.6. The third kappa shape index (κ3) is 4.04. The standard InChI is InChI=1S/C12H19NO3/c1-2-5-10(12(15)16)13-11(14)8-9-6-3-4-7-9/h3,6,9-10H,2,4-5,7-8H2,1H3,(H,13,14)(H,15,16)/t9?,10-/m0/s1. The molecule has 2 N–H and O–H groups in total. The highest BCUT2D eigenvalue weighted by Gasteiger charge is 2.20. The molecule has 0 fully saturated rings. The van der Waals surface area contributed by atoms with Gasteiger partial charge in [-0.3, -0.25) is 4.79 Å². The van der Waals surface area contributed by atoms with Gasteiger partial charge in [-0.2, -0.15) is 0 Å². The highest BCUT2D eigenvalue weighted by atomic mass is 16.4. The maximum Gasteiger partial charge on any atom is 0.326 e. The van der Waals surface area contributed by atoms with Crippen molar-refractivity contribution in [2.24, 2.45) is 5.92 Å². The maximum atomic E-state index is 11.6. The molecule has 0 radical (unpaired) electrons. The van der Waals surface area contributed by atoms with Crippen LogP contribution in [0.5, 0.6) is 0 Å². The van der Waals surface area contributed by atoms with Crippen molar-refractivity contribution >= 4 is 11.9 Å². The van der Waals surface area contributed by atoms with Crippen LogP contribution in [-0.2, 0) is 9.59 Å². The van der Waals surface area contributed by atoms with Gasteiger partial charge in [-0.05, 0) is 25.2 Å². The molecule has 16 heavy (non-hydrogen) atoms. The molecule has 4 heteroatoms. The quantitative estimate of drug-likeness (QED) is 0.676. The van der Waals surface area contributed by atoms with Gasteiger partial charge in [-0.15, -0.1) is 0 Å². The zero-order chi connectivity index (χ0) is 12.0. The second-order valence-electron chi connectivity index (χ2n) is 4.22. The van der Waals surface area contributed by atoms with Crippen LogP contribution in [0.1, 0.15) is 39.0 Å². The number of carboxylic acids is 1. The first-order valence-corrected chi connectivity index (χ1v) is 5.82. The Labute approximate surface area is 95.7 Å². The summed E-state index contributed by atoms with van der Waals surface area (Å²) in [5, 5.41) is 11.5. The monoisotopic (exact) mass is 225 g/mol. The van der Waals surface area contributed by atoms with Crippen LogP contribution >= 0.6 is 0 Å². The van der Waals surface area contributed by atoms with Gasteiger partial charge in [0.25, 0.3) is 0 Å². The fourth-order valence-corrected chi connectivity index (χ4v) is 1.90. The first-order valence-electron chi connectivity index (χ1n) is 5.82. The van der Waals surface area contributed by atoms with Crippen LogP contribution in [0.15, 0.2) is 12.2 Å². The first-order chi connectivity index (χ1) is 7.63. The largest absolute Gasteiger partial charge is 0.480 e. The molecule has 0 saturated carbocycles. The van der Waals surface area contributed by atoms with E-state index in [-0.39, 0.29) is 11.8 Å². The second-order valence-corrected chi connectivity index (χ2v) is 4.22. The van der Waals surface area contributed by atoms with E-state index in [1.165, 1.54) is 0 Å². The molecule has 1 aliphatic carbocycles. The predicted octanol–water partition coefficient (Wildman–Crippen LogP) is 1.71. The van der Waals surface area contributed by atoms with Crippen molar-refractivity contribution in [3.8, 4) is 0 Å². The van der Waals surface area contributed by atoms with Crippen molar-refractivity contribution in [2.45, 2.75) is 45.1 Å². The third-order valence-corrected chi connectivity index (χ3v) is 2.77. The Balaban J connectivity index is 2.35. The van der Waals surface area contributed by atoms with E-state index >= 15 is 0 Å². The van der Waals surface area contributed by atoms with Crippen molar-refractivity contribution in [3.05, 3.63) is 12.2 Å². The topological polar surface area (TPSA) is 66.4 Å². The lowest BCUT2D eigenvalue weighted by molar-refractivity contribution is -0.142. The van der Waals surface area contributed by atoms with Crippen molar-refractivity contribution in [1.29, 1.82) is 0 Å². The van der Waals surface area contributed by atoms with E-state index in [4.69, 9.17) is 5.11 Å². The number of amides is 1. The fourth-order valence-electron chi connectivity index (χ4n) is 1.90.